The fourth-order valence-corrected chi connectivity index (χ4v) is 4.81. The van der Waals surface area contributed by atoms with Crippen LogP contribution in [0.15, 0.2) is 41.5 Å². The van der Waals surface area contributed by atoms with E-state index in [0.29, 0.717) is 23.0 Å². The van der Waals surface area contributed by atoms with Crippen molar-refractivity contribution in [2.75, 3.05) is 0 Å². The first-order valence-corrected chi connectivity index (χ1v) is 8.13. The van der Waals surface area contributed by atoms with Gasteiger partial charge in [0.2, 0.25) is 0 Å². The second kappa shape index (κ2) is 5.08. The van der Waals surface area contributed by atoms with Crippen LogP contribution in [0.2, 0.25) is 0 Å². The number of fused-ring (bicyclic) bond motifs is 5. The van der Waals surface area contributed by atoms with Crippen molar-refractivity contribution < 1.29 is 14.3 Å². The number of benzene rings is 1. The smallest absolute Gasteiger partial charge is 0.335 e. The van der Waals surface area contributed by atoms with Crippen molar-refractivity contribution in [2.45, 2.75) is 32.8 Å². The van der Waals surface area contributed by atoms with Crippen molar-refractivity contribution in [3.05, 3.63) is 47.0 Å². The number of rotatable bonds is 3. The molecule has 2 saturated carbocycles. The third-order valence-electron chi connectivity index (χ3n) is 5.76. The number of hydrogen-bond acceptors (Lipinski definition) is 3. The Balaban J connectivity index is 1.54. The number of Topliss-reactive ketones (excluding diaryl/α,β-unsaturated/α-hetero) is 1. The van der Waals surface area contributed by atoms with Crippen LogP contribution in [-0.2, 0) is 20.9 Å². The number of carbonyl (C=O) groups is 2. The molecule has 4 atom stereocenters. The molecule has 3 aliphatic rings. The van der Waals surface area contributed by atoms with Crippen molar-refractivity contribution in [3.8, 4) is 0 Å². The van der Waals surface area contributed by atoms with Crippen LogP contribution in [0.1, 0.15) is 31.7 Å². The predicted molar refractivity (Wildman–Crippen MR) is 81.8 cm³/mol. The lowest BCUT2D eigenvalue weighted by Crippen LogP contribution is -2.26. The normalized spacial score (nSPS) is 32.5. The van der Waals surface area contributed by atoms with Crippen LogP contribution in [0.3, 0.4) is 0 Å². The van der Waals surface area contributed by atoms with Crippen LogP contribution in [0.5, 0.6) is 0 Å². The van der Waals surface area contributed by atoms with E-state index in [2.05, 4.69) is 0 Å². The third kappa shape index (κ3) is 1.95. The van der Waals surface area contributed by atoms with Gasteiger partial charge >= 0.3 is 5.97 Å². The molecule has 4 rings (SSSR count). The van der Waals surface area contributed by atoms with Gasteiger partial charge in [-0.3, -0.25) is 4.79 Å². The van der Waals surface area contributed by atoms with E-state index >= 15 is 0 Å². The van der Waals surface area contributed by atoms with Crippen LogP contribution in [0.4, 0.5) is 0 Å². The minimum atomic E-state index is -0.283. The highest BCUT2D eigenvalue weighted by molar-refractivity contribution is 6.09. The maximum absolute atomic E-state index is 12.6. The number of ketones is 1. The summed E-state index contributed by atoms with van der Waals surface area (Å²) >= 11 is 0. The van der Waals surface area contributed by atoms with Crippen molar-refractivity contribution in [2.24, 2.45) is 23.7 Å². The summed E-state index contributed by atoms with van der Waals surface area (Å²) in [6.07, 6.45) is 3.42. The molecule has 114 valence electrons. The molecule has 0 radical (unpaired) electrons. The number of carbonyl (C=O) groups excluding carboxylic acids is 2. The second-order valence-electron chi connectivity index (χ2n) is 6.85. The van der Waals surface area contributed by atoms with Crippen LogP contribution in [-0.4, -0.2) is 11.8 Å². The van der Waals surface area contributed by atoms with Gasteiger partial charge in [0.25, 0.3) is 0 Å². The number of allylic oxidation sites excluding steroid dienone is 1. The van der Waals surface area contributed by atoms with E-state index in [1.165, 1.54) is 0 Å². The average Bonchev–Trinajstić information content (AvgIpc) is 3.20. The van der Waals surface area contributed by atoms with Gasteiger partial charge in [-0.2, -0.15) is 0 Å². The molecule has 2 fully saturated rings. The van der Waals surface area contributed by atoms with Gasteiger partial charge < -0.3 is 4.74 Å². The molecule has 0 heterocycles. The Labute approximate surface area is 130 Å². The summed E-state index contributed by atoms with van der Waals surface area (Å²) < 4.78 is 5.50. The van der Waals surface area contributed by atoms with Crippen molar-refractivity contribution in [1.29, 1.82) is 0 Å². The van der Waals surface area contributed by atoms with Gasteiger partial charge in [0, 0.05) is 23.0 Å². The summed E-state index contributed by atoms with van der Waals surface area (Å²) in [4.78, 5) is 25.1. The second-order valence-corrected chi connectivity index (χ2v) is 6.85. The van der Waals surface area contributed by atoms with Gasteiger partial charge in [-0.15, -0.1) is 0 Å². The maximum atomic E-state index is 12.6. The molecule has 0 saturated heterocycles. The van der Waals surface area contributed by atoms with E-state index in [-0.39, 0.29) is 30.2 Å². The minimum Gasteiger partial charge on any atom is -0.457 e. The van der Waals surface area contributed by atoms with E-state index in [1.54, 1.807) is 6.92 Å². The standard InChI is InChI=1S/C19H20O3/c1-11-15(19(21)22-10-12-5-3-2-4-6-12)16-13-7-8-14(9-13)17(16)18(11)20/h2-6,13-14,16-17H,7-10H2,1H3/t13-,14+,16-,17-/m1/s1. The van der Waals surface area contributed by atoms with E-state index in [9.17, 15) is 9.59 Å². The summed E-state index contributed by atoms with van der Waals surface area (Å²) in [7, 11) is 0. The first-order valence-electron chi connectivity index (χ1n) is 8.13. The van der Waals surface area contributed by atoms with Crippen molar-refractivity contribution in [1.82, 2.24) is 0 Å². The Kier molecular flexibility index (Phi) is 3.17. The molecule has 3 aliphatic carbocycles. The molecule has 0 N–H and O–H groups in total. The van der Waals surface area contributed by atoms with E-state index in [4.69, 9.17) is 4.74 Å². The van der Waals surface area contributed by atoms with Gasteiger partial charge in [-0.1, -0.05) is 30.3 Å². The molecule has 22 heavy (non-hydrogen) atoms. The largest absolute Gasteiger partial charge is 0.457 e. The predicted octanol–water partition coefficient (Wildman–Crippen LogP) is 3.29. The number of hydrogen-bond donors (Lipinski definition) is 0. The Morgan fingerprint density at radius 3 is 2.55 bits per heavy atom. The molecule has 0 spiro atoms. The Hall–Kier alpha value is -1.90. The van der Waals surface area contributed by atoms with E-state index in [1.807, 2.05) is 30.3 Å². The molecule has 0 aromatic heterocycles. The number of ether oxygens (including phenoxy) is 1. The monoisotopic (exact) mass is 296 g/mol. The maximum Gasteiger partial charge on any atom is 0.335 e. The van der Waals surface area contributed by atoms with Gasteiger partial charge in [-0.05, 0) is 43.6 Å². The highest BCUT2D eigenvalue weighted by Gasteiger charge is 2.57. The summed E-state index contributed by atoms with van der Waals surface area (Å²) in [5, 5.41) is 0. The molecule has 3 nitrogen and oxygen atoms in total. The van der Waals surface area contributed by atoms with Gasteiger partial charge in [0.15, 0.2) is 5.78 Å². The molecular weight excluding hydrogens is 276 g/mol. The summed E-state index contributed by atoms with van der Waals surface area (Å²) in [5.41, 5.74) is 2.31. The Morgan fingerprint density at radius 1 is 1.14 bits per heavy atom. The van der Waals surface area contributed by atoms with Crippen LogP contribution >= 0.6 is 0 Å². The fraction of sp³-hybridized carbons (Fsp3) is 0.474. The molecule has 0 unspecified atom stereocenters. The van der Waals surface area contributed by atoms with Gasteiger partial charge in [0.1, 0.15) is 6.61 Å². The zero-order valence-electron chi connectivity index (χ0n) is 12.7. The third-order valence-corrected chi connectivity index (χ3v) is 5.76. The number of esters is 1. The summed E-state index contributed by atoms with van der Waals surface area (Å²) in [6, 6.07) is 9.67. The van der Waals surface area contributed by atoms with Crippen LogP contribution in [0, 0.1) is 23.7 Å². The first-order chi connectivity index (χ1) is 10.7. The molecule has 3 heteroatoms. The van der Waals surface area contributed by atoms with E-state index < -0.39 is 0 Å². The molecular formula is C19H20O3. The lowest BCUT2D eigenvalue weighted by molar-refractivity contribution is -0.141. The highest BCUT2D eigenvalue weighted by Crippen LogP contribution is 2.59. The van der Waals surface area contributed by atoms with Crippen molar-refractivity contribution in [3.63, 3.8) is 0 Å². The quantitative estimate of drug-likeness (QED) is 0.804. The average molecular weight is 296 g/mol. The lowest BCUT2D eigenvalue weighted by atomic mass is 9.78. The van der Waals surface area contributed by atoms with Gasteiger partial charge in [-0.25, -0.2) is 4.79 Å². The minimum absolute atomic E-state index is 0.0676. The van der Waals surface area contributed by atoms with Crippen molar-refractivity contribution >= 4 is 11.8 Å². The zero-order valence-corrected chi connectivity index (χ0v) is 12.7. The first kappa shape index (κ1) is 13.7. The van der Waals surface area contributed by atoms with Crippen LogP contribution < -0.4 is 0 Å². The molecule has 2 bridgehead atoms. The molecule has 1 aromatic rings. The molecule has 0 aliphatic heterocycles. The fourth-order valence-electron chi connectivity index (χ4n) is 4.81. The summed E-state index contributed by atoms with van der Waals surface area (Å²) in [5.74, 6) is 1.12. The Bertz CT molecular complexity index is 659. The lowest BCUT2D eigenvalue weighted by Gasteiger charge is -2.25. The summed E-state index contributed by atoms with van der Waals surface area (Å²) in [6.45, 7) is 2.08. The highest BCUT2D eigenvalue weighted by atomic mass is 16.5. The molecule has 1 aromatic carbocycles. The Morgan fingerprint density at radius 2 is 1.82 bits per heavy atom. The SMILES string of the molecule is CC1=C(C(=O)OCc2ccccc2)[C@H]2[C@@H]3CC[C@@H](C3)[C@H]2C1=O. The zero-order chi connectivity index (χ0) is 15.3. The van der Waals surface area contributed by atoms with Crippen LogP contribution in [0.25, 0.3) is 0 Å². The molecule has 0 amide bonds. The van der Waals surface area contributed by atoms with Gasteiger partial charge in [0.05, 0.1) is 0 Å². The topological polar surface area (TPSA) is 43.4 Å². The van der Waals surface area contributed by atoms with E-state index in [0.717, 1.165) is 24.8 Å².